The van der Waals surface area contributed by atoms with Crippen LogP contribution in [0.4, 0.5) is 0 Å². The van der Waals surface area contributed by atoms with Gasteiger partial charge >= 0.3 is 0 Å². The molecule has 174 valence electrons. The number of piperazine rings is 1. The molecule has 3 amide bonds. The first-order valence-electron chi connectivity index (χ1n) is 11.2. The molecular weight excluding hydrogens is 442 g/mol. The Morgan fingerprint density at radius 2 is 1.97 bits per heavy atom. The van der Waals surface area contributed by atoms with Gasteiger partial charge in [-0.2, -0.15) is 0 Å². The summed E-state index contributed by atoms with van der Waals surface area (Å²) in [4.78, 5) is 50.4. The first-order chi connectivity index (χ1) is 15.8. The summed E-state index contributed by atoms with van der Waals surface area (Å²) in [6.45, 7) is 4.96. The van der Waals surface area contributed by atoms with Crippen molar-refractivity contribution >= 4 is 29.3 Å². The van der Waals surface area contributed by atoms with E-state index in [0.717, 1.165) is 24.1 Å². The van der Waals surface area contributed by atoms with Crippen molar-refractivity contribution in [3.05, 3.63) is 47.2 Å². The second-order valence-electron chi connectivity index (χ2n) is 8.92. The third kappa shape index (κ3) is 4.85. The van der Waals surface area contributed by atoms with Crippen LogP contribution in [0.5, 0.6) is 0 Å². The van der Waals surface area contributed by atoms with E-state index in [2.05, 4.69) is 10.3 Å². The van der Waals surface area contributed by atoms with Crippen LogP contribution in [0, 0.1) is 0 Å². The molecule has 9 heteroatoms. The minimum absolute atomic E-state index is 0.0759. The summed E-state index contributed by atoms with van der Waals surface area (Å²) >= 11 is 6.11. The summed E-state index contributed by atoms with van der Waals surface area (Å²) in [5, 5.41) is 3.39. The van der Waals surface area contributed by atoms with Crippen molar-refractivity contribution in [3.8, 4) is 11.4 Å². The highest BCUT2D eigenvalue weighted by atomic mass is 35.5. The summed E-state index contributed by atoms with van der Waals surface area (Å²) in [6, 6.07) is 9.05. The number of rotatable bonds is 5. The van der Waals surface area contributed by atoms with Crippen molar-refractivity contribution in [1.82, 2.24) is 25.1 Å². The molecule has 1 aromatic heterocycles. The standard InChI is InChI=1S/C24H28ClN5O3/c1-24(2)23(33)27-12-14-30(24)21(32)9-8-20(31)29-13-4-7-19(29)18-10-11-26-22(28-18)16-5-3-6-17(25)15-16/h3,5-6,10-11,15,19H,4,7-9,12-14H2,1-2H3,(H,27,33)/t19-/m0/s1. The largest absolute Gasteiger partial charge is 0.352 e. The third-order valence-corrected chi connectivity index (χ3v) is 6.61. The van der Waals surface area contributed by atoms with Crippen LogP contribution >= 0.6 is 11.6 Å². The first kappa shape index (κ1) is 23.2. The number of nitrogens with one attached hydrogen (secondary N) is 1. The van der Waals surface area contributed by atoms with Gasteiger partial charge in [-0.05, 0) is 44.9 Å². The zero-order valence-electron chi connectivity index (χ0n) is 18.9. The molecule has 2 fully saturated rings. The molecule has 0 bridgehead atoms. The third-order valence-electron chi connectivity index (χ3n) is 6.38. The number of aromatic nitrogens is 2. The van der Waals surface area contributed by atoms with Crippen molar-refractivity contribution in [2.75, 3.05) is 19.6 Å². The second-order valence-corrected chi connectivity index (χ2v) is 9.36. The Morgan fingerprint density at radius 1 is 1.18 bits per heavy atom. The van der Waals surface area contributed by atoms with Crippen LogP contribution in [0.3, 0.4) is 0 Å². The highest BCUT2D eigenvalue weighted by Crippen LogP contribution is 2.32. The highest BCUT2D eigenvalue weighted by molar-refractivity contribution is 6.30. The van der Waals surface area contributed by atoms with E-state index in [-0.39, 0.29) is 36.6 Å². The molecule has 2 aliphatic heterocycles. The van der Waals surface area contributed by atoms with E-state index in [0.29, 0.717) is 30.5 Å². The Morgan fingerprint density at radius 3 is 2.76 bits per heavy atom. The lowest BCUT2D eigenvalue weighted by atomic mass is 9.98. The Labute approximate surface area is 198 Å². The normalized spacial score (nSPS) is 20.0. The van der Waals surface area contributed by atoms with Gasteiger partial charge < -0.3 is 15.1 Å². The van der Waals surface area contributed by atoms with Gasteiger partial charge in [0, 0.05) is 49.3 Å². The second kappa shape index (κ2) is 9.47. The van der Waals surface area contributed by atoms with E-state index in [4.69, 9.17) is 16.6 Å². The van der Waals surface area contributed by atoms with Gasteiger partial charge in [-0.3, -0.25) is 14.4 Å². The molecule has 4 rings (SSSR count). The quantitative estimate of drug-likeness (QED) is 0.726. The van der Waals surface area contributed by atoms with E-state index in [1.165, 1.54) is 0 Å². The molecule has 1 N–H and O–H groups in total. The molecule has 2 aliphatic rings. The van der Waals surface area contributed by atoms with Crippen LogP contribution in [0.25, 0.3) is 11.4 Å². The molecule has 8 nitrogen and oxygen atoms in total. The predicted octanol–water partition coefficient (Wildman–Crippen LogP) is 2.98. The van der Waals surface area contributed by atoms with Crippen molar-refractivity contribution in [1.29, 1.82) is 0 Å². The van der Waals surface area contributed by atoms with Crippen molar-refractivity contribution in [3.63, 3.8) is 0 Å². The van der Waals surface area contributed by atoms with Gasteiger partial charge in [-0.25, -0.2) is 9.97 Å². The van der Waals surface area contributed by atoms with Crippen LogP contribution < -0.4 is 5.32 Å². The molecule has 0 aliphatic carbocycles. The van der Waals surface area contributed by atoms with E-state index < -0.39 is 5.54 Å². The molecule has 2 aromatic rings. The average Bonchev–Trinajstić information content (AvgIpc) is 3.29. The first-order valence-corrected chi connectivity index (χ1v) is 11.6. The zero-order valence-corrected chi connectivity index (χ0v) is 19.6. The number of amides is 3. The Balaban J connectivity index is 1.43. The molecule has 0 radical (unpaired) electrons. The number of hydrogen-bond donors (Lipinski definition) is 1. The predicted molar refractivity (Wildman–Crippen MR) is 124 cm³/mol. The molecule has 3 heterocycles. The minimum atomic E-state index is -0.910. The van der Waals surface area contributed by atoms with Gasteiger partial charge in [-0.1, -0.05) is 23.7 Å². The van der Waals surface area contributed by atoms with Crippen LogP contribution in [0.1, 0.15) is 51.3 Å². The fourth-order valence-electron chi connectivity index (χ4n) is 4.53. The average molecular weight is 470 g/mol. The van der Waals surface area contributed by atoms with Crippen LogP contribution in [0.2, 0.25) is 5.02 Å². The molecule has 33 heavy (non-hydrogen) atoms. The lowest BCUT2D eigenvalue weighted by Gasteiger charge is -2.41. The Bertz CT molecular complexity index is 1070. The number of hydrogen-bond acceptors (Lipinski definition) is 5. The van der Waals surface area contributed by atoms with Gasteiger partial charge in [0.25, 0.3) is 0 Å². The maximum absolute atomic E-state index is 13.1. The number of carbonyl (C=O) groups is 3. The molecule has 0 unspecified atom stereocenters. The van der Waals surface area contributed by atoms with Crippen molar-refractivity contribution in [2.45, 2.75) is 51.1 Å². The minimum Gasteiger partial charge on any atom is -0.352 e. The van der Waals surface area contributed by atoms with Gasteiger partial charge in [0.15, 0.2) is 5.82 Å². The SMILES string of the molecule is CC1(C)C(=O)NCCN1C(=O)CCC(=O)N1CCC[C@H]1c1ccnc(-c2cccc(Cl)c2)n1. The summed E-state index contributed by atoms with van der Waals surface area (Å²) in [5.74, 6) is 0.139. The molecular formula is C24H28ClN5O3. The van der Waals surface area contributed by atoms with Gasteiger partial charge in [0.05, 0.1) is 11.7 Å². The van der Waals surface area contributed by atoms with Gasteiger partial charge in [-0.15, -0.1) is 0 Å². The maximum Gasteiger partial charge on any atom is 0.245 e. The lowest BCUT2D eigenvalue weighted by Crippen LogP contribution is -2.63. The molecule has 1 aromatic carbocycles. The Kier molecular flexibility index (Phi) is 6.65. The van der Waals surface area contributed by atoms with Crippen molar-refractivity contribution < 1.29 is 14.4 Å². The van der Waals surface area contributed by atoms with Gasteiger partial charge in [0.2, 0.25) is 17.7 Å². The van der Waals surface area contributed by atoms with Crippen LogP contribution in [0.15, 0.2) is 36.5 Å². The smallest absolute Gasteiger partial charge is 0.245 e. The topological polar surface area (TPSA) is 95.5 Å². The molecule has 0 spiro atoms. The maximum atomic E-state index is 13.1. The van der Waals surface area contributed by atoms with Crippen LogP contribution in [-0.4, -0.2) is 62.7 Å². The molecule has 0 saturated carbocycles. The molecule has 2 saturated heterocycles. The number of carbonyl (C=O) groups excluding carboxylic acids is 3. The number of halogens is 1. The van der Waals surface area contributed by atoms with E-state index in [1.54, 1.807) is 31.0 Å². The van der Waals surface area contributed by atoms with E-state index in [1.807, 2.05) is 29.2 Å². The summed E-state index contributed by atoms with van der Waals surface area (Å²) in [6.07, 6.45) is 3.57. The van der Waals surface area contributed by atoms with E-state index in [9.17, 15) is 14.4 Å². The lowest BCUT2D eigenvalue weighted by molar-refractivity contribution is -0.150. The van der Waals surface area contributed by atoms with Crippen LogP contribution in [-0.2, 0) is 14.4 Å². The summed E-state index contributed by atoms with van der Waals surface area (Å²) < 4.78 is 0. The zero-order chi connectivity index (χ0) is 23.6. The van der Waals surface area contributed by atoms with Crippen molar-refractivity contribution in [2.24, 2.45) is 0 Å². The number of benzene rings is 1. The Hall–Kier alpha value is -3.00. The summed E-state index contributed by atoms with van der Waals surface area (Å²) in [5.41, 5.74) is 0.691. The monoisotopic (exact) mass is 469 g/mol. The fourth-order valence-corrected chi connectivity index (χ4v) is 4.72. The molecule has 1 atom stereocenters. The van der Waals surface area contributed by atoms with E-state index >= 15 is 0 Å². The number of likely N-dealkylation sites (tertiary alicyclic amines) is 1. The highest BCUT2D eigenvalue weighted by Gasteiger charge is 2.40. The number of nitrogens with zero attached hydrogens (tertiary/aromatic N) is 4. The van der Waals surface area contributed by atoms with Gasteiger partial charge in [0.1, 0.15) is 5.54 Å². The fraction of sp³-hybridized carbons (Fsp3) is 0.458. The summed E-state index contributed by atoms with van der Waals surface area (Å²) in [7, 11) is 0.